The van der Waals surface area contributed by atoms with Gasteiger partial charge < -0.3 is 10.1 Å². The summed E-state index contributed by atoms with van der Waals surface area (Å²) in [6.45, 7) is -0.0840. The van der Waals surface area contributed by atoms with Gasteiger partial charge in [-0.3, -0.25) is 4.79 Å². The van der Waals surface area contributed by atoms with Crippen molar-refractivity contribution in [2.75, 3.05) is 11.9 Å². The number of hydrogen-bond acceptors (Lipinski definition) is 3. The first-order chi connectivity index (χ1) is 9.13. The summed E-state index contributed by atoms with van der Waals surface area (Å²) < 4.78 is 6.23. The van der Waals surface area contributed by atoms with Crippen LogP contribution >= 0.6 is 27.5 Å². The van der Waals surface area contributed by atoms with Crippen LogP contribution in [0.25, 0.3) is 0 Å². The first-order valence-corrected chi connectivity index (χ1v) is 6.60. The van der Waals surface area contributed by atoms with E-state index in [0.717, 1.165) is 4.47 Å². The average molecular weight is 342 g/mol. The van der Waals surface area contributed by atoms with E-state index in [9.17, 15) is 4.79 Å². The molecular weight excluding hydrogens is 332 g/mol. The summed E-state index contributed by atoms with van der Waals surface area (Å²) in [7, 11) is 0. The molecule has 0 atom stereocenters. The highest BCUT2D eigenvalue weighted by molar-refractivity contribution is 9.10. The molecule has 1 N–H and O–H groups in total. The Balaban J connectivity index is 1.84. The Hall–Kier alpha value is -1.59. The SMILES string of the molecule is O=C(COc1ccc(Cl)nc1)Nc1ccc(Br)cc1. The molecule has 0 aliphatic carbocycles. The lowest BCUT2D eigenvalue weighted by Crippen LogP contribution is -2.20. The van der Waals surface area contributed by atoms with Gasteiger partial charge >= 0.3 is 0 Å². The van der Waals surface area contributed by atoms with Gasteiger partial charge in [-0.1, -0.05) is 27.5 Å². The van der Waals surface area contributed by atoms with E-state index in [1.54, 1.807) is 24.3 Å². The van der Waals surface area contributed by atoms with Crippen LogP contribution in [0.15, 0.2) is 47.1 Å². The molecule has 19 heavy (non-hydrogen) atoms. The van der Waals surface area contributed by atoms with Gasteiger partial charge in [0.2, 0.25) is 0 Å². The molecule has 2 rings (SSSR count). The zero-order valence-electron chi connectivity index (χ0n) is 9.77. The van der Waals surface area contributed by atoms with Gasteiger partial charge in [0.15, 0.2) is 6.61 Å². The lowest BCUT2D eigenvalue weighted by molar-refractivity contribution is -0.118. The van der Waals surface area contributed by atoms with Crippen molar-refractivity contribution in [3.63, 3.8) is 0 Å². The quantitative estimate of drug-likeness (QED) is 0.866. The molecule has 0 saturated carbocycles. The molecule has 0 aliphatic rings. The number of nitrogens with zero attached hydrogens (tertiary/aromatic N) is 1. The number of rotatable bonds is 4. The molecule has 0 spiro atoms. The minimum Gasteiger partial charge on any atom is -0.482 e. The van der Waals surface area contributed by atoms with Gasteiger partial charge in [-0.15, -0.1) is 0 Å². The molecule has 0 bridgehead atoms. The molecule has 0 saturated heterocycles. The number of ether oxygens (including phenoxy) is 1. The maximum Gasteiger partial charge on any atom is 0.262 e. The van der Waals surface area contributed by atoms with Crippen LogP contribution in [0.3, 0.4) is 0 Å². The molecular formula is C13H10BrClN2O2. The van der Waals surface area contributed by atoms with Gasteiger partial charge in [0.05, 0.1) is 6.20 Å². The van der Waals surface area contributed by atoms with E-state index < -0.39 is 0 Å². The zero-order chi connectivity index (χ0) is 13.7. The van der Waals surface area contributed by atoms with E-state index >= 15 is 0 Å². The summed E-state index contributed by atoms with van der Waals surface area (Å²) in [5.41, 5.74) is 0.714. The van der Waals surface area contributed by atoms with Crippen LogP contribution in [-0.4, -0.2) is 17.5 Å². The first kappa shape index (κ1) is 13.8. The van der Waals surface area contributed by atoms with E-state index in [4.69, 9.17) is 16.3 Å². The molecule has 1 aromatic heterocycles. The number of anilines is 1. The van der Waals surface area contributed by atoms with Crippen molar-refractivity contribution in [3.05, 3.63) is 52.2 Å². The number of nitrogens with one attached hydrogen (secondary N) is 1. The Morgan fingerprint density at radius 3 is 2.63 bits per heavy atom. The Labute approximate surface area is 123 Å². The summed E-state index contributed by atoms with van der Waals surface area (Å²) in [5, 5.41) is 3.10. The third kappa shape index (κ3) is 4.54. The Morgan fingerprint density at radius 1 is 1.26 bits per heavy atom. The largest absolute Gasteiger partial charge is 0.482 e. The van der Waals surface area contributed by atoms with Crippen molar-refractivity contribution in [1.29, 1.82) is 0 Å². The molecule has 98 valence electrons. The van der Waals surface area contributed by atoms with Gasteiger partial charge in [0, 0.05) is 10.2 Å². The van der Waals surface area contributed by atoms with E-state index in [2.05, 4.69) is 26.2 Å². The van der Waals surface area contributed by atoms with Crippen LogP contribution in [0.1, 0.15) is 0 Å². The first-order valence-electron chi connectivity index (χ1n) is 5.43. The molecule has 1 aromatic carbocycles. The van der Waals surface area contributed by atoms with Crippen molar-refractivity contribution < 1.29 is 9.53 Å². The standard InChI is InChI=1S/C13H10BrClN2O2/c14-9-1-3-10(4-2-9)17-13(18)8-19-11-5-6-12(15)16-7-11/h1-7H,8H2,(H,17,18). The van der Waals surface area contributed by atoms with Crippen molar-refractivity contribution in [3.8, 4) is 5.75 Å². The van der Waals surface area contributed by atoms with E-state index in [1.807, 2.05) is 12.1 Å². The van der Waals surface area contributed by atoms with Crippen molar-refractivity contribution in [1.82, 2.24) is 4.98 Å². The highest BCUT2D eigenvalue weighted by atomic mass is 79.9. The van der Waals surface area contributed by atoms with Gasteiger partial charge in [0.1, 0.15) is 10.9 Å². The van der Waals surface area contributed by atoms with Gasteiger partial charge in [0.25, 0.3) is 5.91 Å². The van der Waals surface area contributed by atoms with Crippen molar-refractivity contribution in [2.24, 2.45) is 0 Å². The van der Waals surface area contributed by atoms with Gasteiger partial charge in [-0.05, 0) is 36.4 Å². The van der Waals surface area contributed by atoms with Gasteiger partial charge in [-0.2, -0.15) is 0 Å². The smallest absolute Gasteiger partial charge is 0.262 e. The van der Waals surface area contributed by atoms with E-state index in [1.165, 1.54) is 6.20 Å². The molecule has 1 heterocycles. The summed E-state index contributed by atoms with van der Waals surface area (Å²) in [5.74, 6) is 0.257. The summed E-state index contributed by atoms with van der Waals surface area (Å²) >= 11 is 8.97. The number of halogens is 2. The fraction of sp³-hybridized carbons (Fsp3) is 0.0769. The van der Waals surface area contributed by atoms with Crippen LogP contribution in [0, 0.1) is 0 Å². The van der Waals surface area contributed by atoms with Crippen LogP contribution < -0.4 is 10.1 Å². The Bertz CT molecular complexity index is 558. The fourth-order valence-corrected chi connectivity index (χ4v) is 1.70. The second-order valence-electron chi connectivity index (χ2n) is 3.66. The maximum absolute atomic E-state index is 11.6. The minimum atomic E-state index is -0.239. The maximum atomic E-state index is 11.6. The zero-order valence-corrected chi connectivity index (χ0v) is 12.1. The third-order valence-electron chi connectivity index (χ3n) is 2.20. The number of carbonyl (C=O) groups is 1. The van der Waals surface area contributed by atoms with Crippen LogP contribution in [0.4, 0.5) is 5.69 Å². The Kier molecular flexibility index (Phi) is 4.76. The van der Waals surface area contributed by atoms with Crippen LogP contribution in [0.5, 0.6) is 5.75 Å². The van der Waals surface area contributed by atoms with Crippen LogP contribution in [0.2, 0.25) is 5.15 Å². The topological polar surface area (TPSA) is 51.2 Å². The fourth-order valence-electron chi connectivity index (χ4n) is 1.33. The molecule has 2 aromatic rings. The van der Waals surface area contributed by atoms with Crippen LogP contribution in [-0.2, 0) is 4.79 Å². The average Bonchev–Trinajstić information content (AvgIpc) is 2.41. The second-order valence-corrected chi connectivity index (χ2v) is 4.96. The van der Waals surface area contributed by atoms with Crippen molar-refractivity contribution >= 4 is 39.1 Å². The predicted octanol–water partition coefficient (Wildman–Crippen LogP) is 3.52. The second kappa shape index (κ2) is 6.54. The minimum absolute atomic E-state index is 0.0840. The number of hydrogen-bond donors (Lipinski definition) is 1. The molecule has 0 unspecified atom stereocenters. The molecule has 6 heteroatoms. The molecule has 0 fully saturated rings. The highest BCUT2D eigenvalue weighted by Gasteiger charge is 2.04. The van der Waals surface area contributed by atoms with E-state index in [0.29, 0.717) is 16.6 Å². The molecule has 0 aliphatic heterocycles. The summed E-state index contributed by atoms with van der Waals surface area (Å²) in [4.78, 5) is 15.5. The lowest BCUT2D eigenvalue weighted by Gasteiger charge is -2.07. The lowest BCUT2D eigenvalue weighted by atomic mass is 10.3. The number of carbonyl (C=O) groups excluding carboxylic acids is 1. The number of aromatic nitrogens is 1. The predicted molar refractivity (Wildman–Crippen MR) is 77.5 cm³/mol. The third-order valence-corrected chi connectivity index (χ3v) is 2.95. The molecule has 0 radical (unpaired) electrons. The highest BCUT2D eigenvalue weighted by Crippen LogP contribution is 2.14. The normalized spacial score (nSPS) is 10.0. The molecule has 1 amide bonds. The number of amides is 1. The van der Waals surface area contributed by atoms with E-state index in [-0.39, 0.29) is 12.5 Å². The monoisotopic (exact) mass is 340 g/mol. The number of pyridine rings is 1. The van der Waals surface area contributed by atoms with Crippen molar-refractivity contribution in [2.45, 2.75) is 0 Å². The Morgan fingerprint density at radius 2 is 2.00 bits per heavy atom. The summed E-state index contributed by atoms with van der Waals surface area (Å²) in [6.07, 6.45) is 1.47. The van der Waals surface area contributed by atoms with Gasteiger partial charge in [-0.25, -0.2) is 4.98 Å². The molecule has 4 nitrogen and oxygen atoms in total. The number of benzene rings is 1. The summed E-state index contributed by atoms with van der Waals surface area (Å²) in [6, 6.07) is 10.5.